The lowest BCUT2D eigenvalue weighted by molar-refractivity contribution is -0.144. The van der Waals surface area contributed by atoms with Crippen LogP contribution in [0.2, 0.25) is 0 Å². The molecule has 1 heterocycles. The Labute approximate surface area is 174 Å². The number of anilines is 2. The smallest absolute Gasteiger partial charge is 0.331 e. The van der Waals surface area contributed by atoms with Crippen LogP contribution in [0.25, 0.3) is 6.08 Å². The molecule has 0 saturated carbocycles. The summed E-state index contributed by atoms with van der Waals surface area (Å²) in [6, 6.07) is 9.24. The molecule has 0 saturated heterocycles. The van der Waals surface area contributed by atoms with Crippen molar-refractivity contribution in [2.45, 2.75) is 39.7 Å². The number of hydrogen-bond acceptors (Lipinski definition) is 6. The van der Waals surface area contributed by atoms with E-state index in [4.69, 9.17) is 4.74 Å². The van der Waals surface area contributed by atoms with Crippen molar-refractivity contribution in [3.05, 3.63) is 47.5 Å². The molecular weight excluding hydrogens is 390 g/mol. The van der Waals surface area contributed by atoms with Crippen LogP contribution in [0.4, 0.5) is 10.8 Å². The SMILES string of the molecule is CCC[C@@H](C)NC(=O)COC(=O)/C=C/c1csc(N(C(C)=O)c2ccccc2)n1. The van der Waals surface area contributed by atoms with Gasteiger partial charge in [-0.25, -0.2) is 9.78 Å². The van der Waals surface area contributed by atoms with Gasteiger partial charge in [-0.1, -0.05) is 31.5 Å². The summed E-state index contributed by atoms with van der Waals surface area (Å²) in [5.41, 5.74) is 1.23. The van der Waals surface area contributed by atoms with E-state index >= 15 is 0 Å². The van der Waals surface area contributed by atoms with Crippen LogP contribution < -0.4 is 10.2 Å². The molecular formula is C21H25N3O4S. The van der Waals surface area contributed by atoms with Crippen molar-refractivity contribution in [1.29, 1.82) is 0 Å². The Morgan fingerprint density at radius 3 is 2.66 bits per heavy atom. The molecule has 0 radical (unpaired) electrons. The first-order valence-electron chi connectivity index (χ1n) is 9.36. The normalized spacial score (nSPS) is 11.8. The summed E-state index contributed by atoms with van der Waals surface area (Å²) in [6.45, 7) is 5.08. The van der Waals surface area contributed by atoms with Crippen molar-refractivity contribution in [3.63, 3.8) is 0 Å². The van der Waals surface area contributed by atoms with Gasteiger partial charge in [0.15, 0.2) is 11.7 Å². The van der Waals surface area contributed by atoms with E-state index in [1.54, 1.807) is 5.38 Å². The summed E-state index contributed by atoms with van der Waals surface area (Å²) >= 11 is 1.29. The van der Waals surface area contributed by atoms with Gasteiger partial charge in [-0.2, -0.15) is 0 Å². The van der Waals surface area contributed by atoms with Gasteiger partial charge in [0.05, 0.1) is 11.4 Å². The fraction of sp³-hybridized carbons (Fsp3) is 0.333. The number of ether oxygens (including phenoxy) is 1. The summed E-state index contributed by atoms with van der Waals surface area (Å²) in [5, 5.41) is 5.00. The van der Waals surface area contributed by atoms with Gasteiger partial charge in [-0.3, -0.25) is 14.5 Å². The molecule has 29 heavy (non-hydrogen) atoms. The van der Waals surface area contributed by atoms with Crippen molar-refractivity contribution in [1.82, 2.24) is 10.3 Å². The van der Waals surface area contributed by atoms with Crippen LogP contribution in [-0.4, -0.2) is 35.4 Å². The number of benzene rings is 1. The molecule has 0 bridgehead atoms. The Balaban J connectivity index is 1.93. The minimum atomic E-state index is -0.635. The second-order valence-corrected chi connectivity index (χ2v) is 7.28. The second-order valence-electron chi connectivity index (χ2n) is 6.44. The summed E-state index contributed by atoms with van der Waals surface area (Å²) < 4.78 is 4.94. The number of carbonyl (C=O) groups excluding carboxylic acids is 3. The molecule has 1 atom stereocenters. The van der Waals surface area contributed by atoms with Gasteiger partial charge in [0.25, 0.3) is 5.91 Å². The Morgan fingerprint density at radius 1 is 1.28 bits per heavy atom. The standard InChI is InChI=1S/C21H25N3O4S/c1-4-8-15(2)22-19(26)13-28-20(27)12-11-17-14-29-21(23-17)24(16(3)25)18-9-6-5-7-10-18/h5-7,9-12,14-15H,4,8,13H2,1-3H3,(H,22,26)/b12-11+/t15-/m1/s1. The van der Waals surface area contributed by atoms with Crippen LogP contribution in [0.1, 0.15) is 39.3 Å². The number of nitrogens with zero attached hydrogens (tertiary/aromatic N) is 2. The largest absolute Gasteiger partial charge is 0.452 e. The van der Waals surface area contributed by atoms with Gasteiger partial charge in [-0.05, 0) is 31.6 Å². The van der Waals surface area contributed by atoms with Gasteiger partial charge in [0.2, 0.25) is 5.91 Å². The van der Waals surface area contributed by atoms with Crippen molar-refractivity contribution in [2.75, 3.05) is 11.5 Å². The third kappa shape index (κ3) is 7.15. The molecule has 0 aliphatic rings. The van der Waals surface area contributed by atoms with Crippen molar-refractivity contribution < 1.29 is 19.1 Å². The number of esters is 1. The lowest BCUT2D eigenvalue weighted by Crippen LogP contribution is -2.35. The van der Waals surface area contributed by atoms with E-state index in [0.717, 1.165) is 12.8 Å². The maximum absolute atomic E-state index is 12.0. The van der Waals surface area contributed by atoms with Gasteiger partial charge in [-0.15, -0.1) is 11.3 Å². The molecule has 1 aromatic carbocycles. The van der Waals surface area contributed by atoms with Crippen molar-refractivity contribution >= 4 is 46.0 Å². The molecule has 0 aliphatic carbocycles. The highest BCUT2D eigenvalue weighted by Gasteiger charge is 2.17. The first-order valence-corrected chi connectivity index (χ1v) is 10.2. The average Bonchev–Trinajstić information content (AvgIpc) is 3.14. The molecule has 1 N–H and O–H groups in total. The van der Waals surface area contributed by atoms with Crippen LogP contribution in [0.5, 0.6) is 0 Å². The lowest BCUT2D eigenvalue weighted by atomic mass is 10.2. The maximum Gasteiger partial charge on any atom is 0.331 e. The molecule has 1 aromatic heterocycles. The van der Waals surface area contributed by atoms with Crippen molar-refractivity contribution in [3.8, 4) is 0 Å². The number of carbonyl (C=O) groups is 3. The van der Waals surface area contributed by atoms with E-state index in [1.807, 2.05) is 44.2 Å². The molecule has 7 nitrogen and oxygen atoms in total. The third-order valence-corrected chi connectivity index (χ3v) is 4.74. The number of nitrogens with one attached hydrogen (secondary N) is 1. The first-order chi connectivity index (χ1) is 13.9. The molecule has 0 aliphatic heterocycles. The van der Waals surface area contributed by atoms with E-state index < -0.39 is 5.97 Å². The minimum Gasteiger partial charge on any atom is -0.452 e. The molecule has 0 spiro atoms. The summed E-state index contributed by atoms with van der Waals surface area (Å²) in [6.07, 6.45) is 4.53. The Kier molecular flexibility index (Phi) is 8.54. The van der Waals surface area contributed by atoms with Gasteiger partial charge in [0.1, 0.15) is 0 Å². The number of hydrogen-bond donors (Lipinski definition) is 1. The molecule has 154 valence electrons. The highest BCUT2D eigenvalue weighted by atomic mass is 32.1. The Bertz CT molecular complexity index is 864. The topological polar surface area (TPSA) is 88.6 Å². The fourth-order valence-electron chi connectivity index (χ4n) is 2.62. The molecule has 0 unspecified atom stereocenters. The number of rotatable bonds is 9. The van der Waals surface area contributed by atoms with E-state index in [9.17, 15) is 14.4 Å². The van der Waals surface area contributed by atoms with E-state index in [-0.39, 0.29) is 24.5 Å². The number of para-hydroxylation sites is 1. The highest BCUT2D eigenvalue weighted by Crippen LogP contribution is 2.28. The Morgan fingerprint density at radius 2 is 2.00 bits per heavy atom. The van der Waals surface area contributed by atoms with Crippen LogP contribution in [-0.2, 0) is 19.1 Å². The fourth-order valence-corrected chi connectivity index (χ4v) is 3.47. The van der Waals surface area contributed by atoms with Crippen molar-refractivity contribution in [2.24, 2.45) is 0 Å². The molecule has 2 aromatic rings. The number of aromatic nitrogens is 1. The highest BCUT2D eigenvalue weighted by molar-refractivity contribution is 7.14. The summed E-state index contributed by atoms with van der Waals surface area (Å²) in [4.78, 5) is 41.5. The summed E-state index contributed by atoms with van der Waals surface area (Å²) in [5.74, 6) is -1.13. The first kappa shape index (κ1) is 22.3. The predicted molar refractivity (Wildman–Crippen MR) is 114 cm³/mol. The third-order valence-electron chi connectivity index (χ3n) is 3.90. The predicted octanol–water partition coefficient (Wildman–Crippen LogP) is 3.69. The van der Waals surface area contributed by atoms with E-state index in [1.165, 1.54) is 35.3 Å². The zero-order valence-electron chi connectivity index (χ0n) is 16.8. The monoisotopic (exact) mass is 415 g/mol. The van der Waals surface area contributed by atoms with Crippen LogP contribution in [0.15, 0.2) is 41.8 Å². The van der Waals surface area contributed by atoms with E-state index in [2.05, 4.69) is 10.3 Å². The number of thiazole rings is 1. The zero-order chi connectivity index (χ0) is 21.2. The lowest BCUT2D eigenvalue weighted by Gasteiger charge is -2.17. The maximum atomic E-state index is 12.0. The summed E-state index contributed by atoms with van der Waals surface area (Å²) in [7, 11) is 0. The van der Waals surface area contributed by atoms with Crippen LogP contribution in [0, 0.1) is 0 Å². The van der Waals surface area contributed by atoms with Gasteiger partial charge < -0.3 is 10.1 Å². The molecule has 8 heteroatoms. The minimum absolute atomic E-state index is 0.0454. The molecule has 0 fully saturated rings. The van der Waals surface area contributed by atoms with Crippen LogP contribution in [0.3, 0.4) is 0 Å². The molecule has 2 amide bonds. The average molecular weight is 416 g/mol. The quantitative estimate of drug-likeness (QED) is 0.498. The van der Waals surface area contributed by atoms with Gasteiger partial charge >= 0.3 is 5.97 Å². The Hall–Kier alpha value is -3.00. The van der Waals surface area contributed by atoms with Crippen LogP contribution >= 0.6 is 11.3 Å². The zero-order valence-corrected chi connectivity index (χ0v) is 17.6. The second kappa shape index (κ2) is 11.1. The van der Waals surface area contributed by atoms with Gasteiger partial charge in [0, 0.05) is 24.4 Å². The van der Waals surface area contributed by atoms with E-state index in [0.29, 0.717) is 16.5 Å². The number of amides is 2. The molecule has 2 rings (SSSR count).